The largest absolute Gasteiger partial charge is 0.465 e. The van der Waals surface area contributed by atoms with Gasteiger partial charge in [-0.05, 0) is 25.0 Å². The smallest absolute Gasteiger partial charge is 0.339 e. The lowest BCUT2D eigenvalue weighted by molar-refractivity contribution is 0.0596. The molecule has 19 heavy (non-hydrogen) atoms. The van der Waals surface area contributed by atoms with E-state index in [4.69, 9.17) is 26.8 Å². The van der Waals surface area contributed by atoms with Gasteiger partial charge in [-0.15, -0.1) is 11.8 Å². The van der Waals surface area contributed by atoms with Crippen LogP contribution in [0.2, 0.25) is 5.02 Å². The van der Waals surface area contributed by atoms with Crippen LogP contribution in [0.15, 0.2) is 17.0 Å². The topological polar surface area (TPSA) is 61.5 Å². The third kappa shape index (κ3) is 3.55. The van der Waals surface area contributed by atoms with E-state index in [9.17, 15) is 4.79 Å². The third-order valence-corrected chi connectivity index (χ3v) is 4.59. The minimum Gasteiger partial charge on any atom is -0.465 e. The fourth-order valence-electron chi connectivity index (χ4n) is 1.97. The first-order valence-electron chi connectivity index (χ1n) is 6.03. The normalized spacial score (nSPS) is 18.5. The van der Waals surface area contributed by atoms with Gasteiger partial charge < -0.3 is 15.2 Å². The van der Waals surface area contributed by atoms with Crippen LogP contribution in [0, 0.1) is 0 Å². The van der Waals surface area contributed by atoms with Crippen molar-refractivity contribution < 1.29 is 14.3 Å². The molecule has 1 saturated heterocycles. The summed E-state index contributed by atoms with van der Waals surface area (Å²) in [5, 5.41) is 0.475. The summed E-state index contributed by atoms with van der Waals surface area (Å²) < 4.78 is 10.3. The molecule has 0 aliphatic carbocycles. The molecule has 2 N–H and O–H groups in total. The van der Waals surface area contributed by atoms with E-state index in [1.807, 2.05) is 0 Å². The van der Waals surface area contributed by atoms with Crippen LogP contribution < -0.4 is 5.73 Å². The summed E-state index contributed by atoms with van der Waals surface area (Å²) in [5.74, 6) is 0.345. The van der Waals surface area contributed by atoms with Crippen molar-refractivity contribution >= 4 is 35.0 Å². The Hall–Kier alpha value is -0.910. The Kier molecular flexibility index (Phi) is 4.96. The van der Waals surface area contributed by atoms with E-state index >= 15 is 0 Å². The number of ether oxygens (including phenoxy) is 2. The Morgan fingerprint density at radius 1 is 1.63 bits per heavy atom. The highest BCUT2D eigenvalue weighted by atomic mass is 35.5. The number of methoxy groups -OCH3 is 1. The van der Waals surface area contributed by atoms with Gasteiger partial charge >= 0.3 is 5.97 Å². The number of thioether (sulfide) groups is 1. The Balaban J connectivity index is 2.19. The quantitative estimate of drug-likeness (QED) is 0.526. The molecule has 6 heteroatoms. The number of hydrogen-bond donors (Lipinski definition) is 1. The predicted molar refractivity (Wildman–Crippen MR) is 76.9 cm³/mol. The van der Waals surface area contributed by atoms with E-state index in [1.54, 1.807) is 12.1 Å². The zero-order valence-corrected chi connectivity index (χ0v) is 12.2. The van der Waals surface area contributed by atoms with Crippen molar-refractivity contribution in [2.24, 2.45) is 0 Å². The molecule has 0 amide bonds. The maximum atomic E-state index is 11.8. The third-order valence-electron chi connectivity index (χ3n) is 2.91. The van der Waals surface area contributed by atoms with E-state index in [0.29, 0.717) is 21.2 Å². The van der Waals surface area contributed by atoms with E-state index in [1.165, 1.54) is 18.9 Å². The van der Waals surface area contributed by atoms with E-state index in [-0.39, 0.29) is 6.10 Å². The van der Waals surface area contributed by atoms with E-state index in [0.717, 1.165) is 25.2 Å². The summed E-state index contributed by atoms with van der Waals surface area (Å²) >= 11 is 7.68. The lowest BCUT2D eigenvalue weighted by atomic mass is 10.2. The number of esters is 1. The lowest BCUT2D eigenvalue weighted by Gasteiger charge is -2.13. The molecule has 0 radical (unpaired) electrons. The highest BCUT2D eigenvalue weighted by molar-refractivity contribution is 7.99. The first-order valence-corrected chi connectivity index (χ1v) is 7.40. The molecular formula is C13H16ClNO3S. The van der Waals surface area contributed by atoms with E-state index in [2.05, 4.69) is 0 Å². The molecule has 0 aromatic heterocycles. The molecule has 1 unspecified atom stereocenters. The molecule has 1 fully saturated rings. The number of benzene rings is 1. The number of nitrogen functional groups attached to an aromatic ring is 1. The summed E-state index contributed by atoms with van der Waals surface area (Å²) in [7, 11) is 1.34. The zero-order valence-electron chi connectivity index (χ0n) is 10.6. The minimum absolute atomic E-state index is 0.226. The van der Waals surface area contributed by atoms with Crippen LogP contribution in [0.4, 0.5) is 5.69 Å². The van der Waals surface area contributed by atoms with Crippen molar-refractivity contribution in [3.05, 3.63) is 22.7 Å². The van der Waals surface area contributed by atoms with Crippen molar-refractivity contribution in [1.82, 2.24) is 0 Å². The number of anilines is 1. The molecule has 1 aromatic rings. The summed E-state index contributed by atoms with van der Waals surface area (Å²) in [6, 6.07) is 3.24. The van der Waals surface area contributed by atoms with Gasteiger partial charge in [0, 0.05) is 22.9 Å². The average Bonchev–Trinajstić information content (AvgIpc) is 2.89. The van der Waals surface area contributed by atoms with Crippen molar-refractivity contribution in [3.63, 3.8) is 0 Å². The monoisotopic (exact) mass is 301 g/mol. The number of carbonyl (C=O) groups excluding carboxylic acids is 1. The number of hydrogen-bond acceptors (Lipinski definition) is 5. The van der Waals surface area contributed by atoms with Crippen LogP contribution in [0.1, 0.15) is 23.2 Å². The van der Waals surface area contributed by atoms with Gasteiger partial charge in [-0.1, -0.05) is 11.6 Å². The van der Waals surface area contributed by atoms with Crippen LogP contribution in [0.3, 0.4) is 0 Å². The van der Waals surface area contributed by atoms with Crippen LogP contribution in [-0.4, -0.2) is 31.5 Å². The molecule has 1 heterocycles. The van der Waals surface area contributed by atoms with Gasteiger partial charge in [0.25, 0.3) is 0 Å². The highest BCUT2D eigenvalue weighted by Gasteiger charge is 2.20. The molecular weight excluding hydrogens is 286 g/mol. The Bertz CT molecular complexity index is 475. The van der Waals surface area contributed by atoms with Crippen molar-refractivity contribution in [2.45, 2.75) is 23.8 Å². The van der Waals surface area contributed by atoms with Crippen molar-refractivity contribution in [1.29, 1.82) is 0 Å². The summed E-state index contributed by atoms with van der Waals surface area (Å²) in [6.07, 6.45) is 2.36. The first kappa shape index (κ1) is 14.5. The highest BCUT2D eigenvalue weighted by Crippen LogP contribution is 2.35. The van der Waals surface area contributed by atoms with E-state index < -0.39 is 5.97 Å². The predicted octanol–water partition coefficient (Wildman–Crippen LogP) is 2.98. The second-order valence-corrected chi connectivity index (χ2v) is 5.75. The van der Waals surface area contributed by atoms with Crippen molar-refractivity contribution in [3.8, 4) is 0 Å². The van der Waals surface area contributed by atoms with Gasteiger partial charge in [-0.25, -0.2) is 4.79 Å². The van der Waals surface area contributed by atoms with Gasteiger partial charge in [0.1, 0.15) is 0 Å². The summed E-state index contributed by atoms with van der Waals surface area (Å²) in [5.41, 5.74) is 6.58. The molecule has 2 rings (SSSR count). The fraction of sp³-hybridized carbons (Fsp3) is 0.462. The van der Waals surface area contributed by atoms with Gasteiger partial charge in [-0.2, -0.15) is 0 Å². The fourth-order valence-corrected chi connectivity index (χ4v) is 3.48. The molecule has 0 saturated carbocycles. The molecule has 1 aliphatic rings. The summed E-state index contributed by atoms with van der Waals surface area (Å²) in [6.45, 7) is 0.810. The van der Waals surface area contributed by atoms with Gasteiger partial charge in [0.05, 0.1) is 23.8 Å². The number of rotatable bonds is 4. The maximum Gasteiger partial charge on any atom is 0.339 e. The second kappa shape index (κ2) is 6.50. The Morgan fingerprint density at radius 3 is 3.05 bits per heavy atom. The van der Waals surface area contributed by atoms with Crippen LogP contribution in [0.5, 0.6) is 0 Å². The van der Waals surface area contributed by atoms with Gasteiger partial charge in [0.2, 0.25) is 0 Å². The average molecular weight is 302 g/mol. The van der Waals surface area contributed by atoms with Gasteiger partial charge in [0.15, 0.2) is 0 Å². The van der Waals surface area contributed by atoms with Crippen LogP contribution >= 0.6 is 23.4 Å². The number of halogens is 1. The second-order valence-electron chi connectivity index (χ2n) is 4.32. The standard InChI is InChI=1S/C13H16ClNO3S/c1-17-13(16)10-5-8(15)6-11(14)12(10)19-7-9-3-2-4-18-9/h5-6,9H,2-4,7,15H2,1H3. The zero-order chi connectivity index (χ0) is 13.8. The van der Waals surface area contributed by atoms with Crippen molar-refractivity contribution in [2.75, 3.05) is 25.2 Å². The number of nitrogens with two attached hydrogens (primary N) is 1. The number of carbonyl (C=O) groups is 1. The molecule has 104 valence electrons. The van der Waals surface area contributed by atoms with Crippen LogP contribution in [0.25, 0.3) is 0 Å². The molecule has 1 aliphatic heterocycles. The lowest BCUT2D eigenvalue weighted by Crippen LogP contribution is -2.10. The molecule has 1 aromatic carbocycles. The maximum absolute atomic E-state index is 11.8. The summed E-state index contributed by atoms with van der Waals surface area (Å²) in [4.78, 5) is 12.5. The first-order chi connectivity index (χ1) is 9.11. The van der Waals surface area contributed by atoms with Crippen LogP contribution in [-0.2, 0) is 9.47 Å². The Labute approximate surface area is 121 Å². The molecule has 1 atom stereocenters. The molecule has 0 bridgehead atoms. The van der Waals surface area contributed by atoms with Gasteiger partial charge in [-0.3, -0.25) is 0 Å². The molecule has 4 nitrogen and oxygen atoms in total. The Morgan fingerprint density at radius 2 is 2.42 bits per heavy atom. The molecule has 0 spiro atoms. The minimum atomic E-state index is -0.427. The SMILES string of the molecule is COC(=O)c1cc(N)cc(Cl)c1SCC1CCCO1.